The molecule has 3 rings (SSSR count). The van der Waals surface area contributed by atoms with Gasteiger partial charge in [0.2, 0.25) is 0 Å². The van der Waals surface area contributed by atoms with Crippen LogP contribution in [0.15, 0.2) is 61.2 Å². The van der Waals surface area contributed by atoms with Gasteiger partial charge in [0.05, 0.1) is 20.5 Å². The van der Waals surface area contributed by atoms with Gasteiger partial charge < -0.3 is 19.4 Å². The summed E-state index contributed by atoms with van der Waals surface area (Å²) in [6.07, 6.45) is 7.00. The Hall–Kier alpha value is -3.28. The Labute approximate surface area is 158 Å². The lowest BCUT2D eigenvalue weighted by atomic mass is 10.1. The number of aromatic nitrogens is 2. The molecule has 1 heterocycles. The molecule has 0 unspecified atom stereocenters. The maximum atomic E-state index is 12.3. The number of aryl methyl sites for hydroxylation is 1. The van der Waals surface area contributed by atoms with Crippen LogP contribution in [0.25, 0.3) is 5.69 Å². The minimum absolute atomic E-state index is 0.0699. The summed E-state index contributed by atoms with van der Waals surface area (Å²) < 4.78 is 12.5. The lowest BCUT2D eigenvalue weighted by Gasteiger charge is -2.10. The Kier molecular flexibility index (Phi) is 6.10. The third kappa shape index (κ3) is 4.67. The van der Waals surface area contributed by atoms with E-state index in [1.807, 2.05) is 53.2 Å². The highest BCUT2D eigenvalue weighted by atomic mass is 16.5. The molecule has 2 aromatic carbocycles. The van der Waals surface area contributed by atoms with E-state index in [0.717, 1.165) is 29.8 Å². The quantitative estimate of drug-likeness (QED) is 0.623. The second kappa shape index (κ2) is 8.89. The average Bonchev–Trinajstić information content (AvgIpc) is 3.26. The number of imidazole rings is 1. The highest BCUT2D eigenvalue weighted by molar-refractivity contribution is 5.94. The van der Waals surface area contributed by atoms with E-state index in [9.17, 15) is 4.79 Å². The van der Waals surface area contributed by atoms with Crippen molar-refractivity contribution in [1.82, 2.24) is 14.9 Å². The van der Waals surface area contributed by atoms with E-state index in [1.54, 1.807) is 26.7 Å². The SMILES string of the molecule is COc1ccc(CCCNC(=O)c2ccc(-n3ccnc3)cc2)cc1OC. The predicted molar refractivity (Wildman–Crippen MR) is 104 cm³/mol. The Bertz CT molecular complexity index is 874. The van der Waals surface area contributed by atoms with E-state index >= 15 is 0 Å². The molecule has 1 aromatic heterocycles. The van der Waals surface area contributed by atoms with E-state index in [1.165, 1.54) is 0 Å². The zero-order chi connectivity index (χ0) is 19.1. The van der Waals surface area contributed by atoms with Gasteiger partial charge in [-0.25, -0.2) is 4.98 Å². The van der Waals surface area contributed by atoms with Crippen LogP contribution in [-0.4, -0.2) is 36.2 Å². The molecule has 1 amide bonds. The summed E-state index contributed by atoms with van der Waals surface area (Å²) in [5, 5.41) is 2.96. The van der Waals surface area contributed by atoms with Crippen LogP contribution in [-0.2, 0) is 6.42 Å². The molecule has 0 saturated carbocycles. The number of benzene rings is 2. The maximum absolute atomic E-state index is 12.3. The topological polar surface area (TPSA) is 65.4 Å². The number of rotatable bonds is 8. The molecule has 0 aliphatic heterocycles. The minimum Gasteiger partial charge on any atom is -0.493 e. The Morgan fingerprint density at radius 2 is 1.85 bits per heavy atom. The van der Waals surface area contributed by atoms with E-state index in [2.05, 4.69) is 10.3 Å². The van der Waals surface area contributed by atoms with Crippen LogP contribution in [0.3, 0.4) is 0 Å². The number of ether oxygens (including phenoxy) is 2. The van der Waals surface area contributed by atoms with Crippen LogP contribution in [0, 0.1) is 0 Å². The van der Waals surface area contributed by atoms with Crippen molar-refractivity contribution in [3.8, 4) is 17.2 Å². The number of methoxy groups -OCH3 is 2. The van der Waals surface area contributed by atoms with Gasteiger partial charge >= 0.3 is 0 Å². The molecular weight excluding hydrogens is 342 g/mol. The Morgan fingerprint density at radius 3 is 2.52 bits per heavy atom. The second-order valence-electron chi connectivity index (χ2n) is 6.07. The zero-order valence-corrected chi connectivity index (χ0v) is 15.5. The summed E-state index contributed by atoms with van der Waals surface area (Å²) >= 11 is 0. The Morgan fingerprint density at radius 1 is 1.07 bits per heavy atom. The smallest absolute Gasteiger partial charge is 0.251 e. The molecule has 140 valence electrons. The number of amides is 1. The summed E-state index contributed by atoms with van der Waals surface area (Å²) in [6.45, 7) is 0.608. The van der Waals surface area contributed by atoms with Crippen LogP contribution in [0.2, 0.25) is 0 Å². The summed E-state index contributed by atoms with van der Waals surface area (Å²) in [6, 6.07) is 13.3. The molecule has 0 atom stereocenters. The number of nitrogens with zero attached hydrogens (tertiary/aromatic N) is 2. The van der Waals surface area contributed by atoms with Crippen molar-refractivity contribution in [2.75, 3.05) is 20.8 Å². The van der Waals surface area contributed by atoms with Crippen LogP contribution < -0.4 is 14.8 Å². The fraction of sp³-hybridized carbons (Fsp3) is 0.238. The third-order valence-corrected chi connectivity index (χ3v) is 4.31. The van der Waals surface area contributed by atoms with E-state index in [4.69, 9.17) is 9.47 Å². The van der Waals surface area contributed by atoms with Crippen LogP contribution in [0.4, 0.5) is 0 Å². The van der Waals surface area contributed by atoms with Crippen LogP contribution in [0.5, 0.6) is 11.5 Å². The molecule has 0 aliphatic carbocycles. The first-order valence-electron chi connectivity index (χ1n) is 8.79. The largest absolute Gasteiger partial charge is 0.493 e. The van der Waals surface area contributed by atoms with Crippen molar-refractivity contribution < 1.29 is 14.3 Å². The van der Waals surface area contributed by atoms with Crippen molar-refractivity contribution in [1.29, 1.82) is 0 Å². The van der Waals surface area contributed by atoms with Crippen molar-refractivity contribution in [2.45, 2.75) is 12.8 Å². The number of carbonyl (C=O) groups is 1. The highest BCUT2D eigenvalue weighted by Gasteiger charge is 2.07. The third-order valence-electron chi connectivity index (χ3n) is 4.31. The lowest BCUT2D eigenvalue weighted by Crippen LogP contribution is -2.24. The molecule has 6 heteroatoms. The van der Waals surface area contributed by atoms with Crippen molar-refractivity contribution in [3.05, 3.63) is 72.3 Å². The van der Waals surface area contributed by atoms with Gasteiger partial charge in [0.25, 0.3) is 5.91 Å². The summed E-state index contributed by atoms with van der Waals surface area (Å²) in [7, 11) is 3.25. The second-order valence-corrected chi connectivity index (χ2v) is 6.07. The van der Waals surface area contributed by atoms with Gasteiger partial charge in [-0.2, -0.15) is 0 Å². The molecule has 0 saturated heterocycles. The van der Waals surface area contributed by atoms with Crippen LogP contribution in [0.1, 0.15) is 22.3 Å². The van der Waals surface area contributed by atoms with Gasteiger partial charge in [-0.15, -0.1) is 0 Å². The molecule has 6 nitrogen and oxygen atoms in total. The molecule has 0 radical (unpaired) electrons. The number of nitrogens with one attached hydrogen (secondary N) is 1. The van der Waals surface area contributed by atoms with Crippen molar-refractivity contribution >= 4 is 5.91 Å². The molecule has 0 bridgehead atoms. The molecule has 27 heavy (non-hydrogen) atoms. The molecule has 3 aromatic rings. The zero-order valence-electron chi connectivity index (χ0n) is 15.5. The van der Waals surface area contributed by atoms with E-state index in [0.29, 0.717) is 17.9 Å². The summed E-state index contributed by atoms with van der Waals surface area (Å²) in [4.78, 5) is 16.3. The molecule has 0 aliphatic rings. The normalized spacial score (nSPS) is 10.4. The first-order valence-corrected chi connectivity index (χ1v) is 8.79. The van der Waals surface area contributed by atoms with Gasteiger partial charge in [-0.1, -0.05) is 6.07 Å². The average molecular weight is 365 g/mol. The van der Waals surface area contributed by atoms with Crippen molar-refractivity contribution in [2.24, 2.45) is 0 Å². The summed E-state index contributed by atoms with van der Waals surface area (Å²) in [5.41, 5.74) is 2.76. The first kappa shape index (κ1) is 18.5. The maximum Gasteiger partial charge on any atom is 0.251 e. The molecule has 0 spiro atoms. The molecular formula is C21H23N3O3. The standard InChI is InChI=1S/C21H23N3O3/c1-26-19-10-5-16(14-20(19)27-2)4-3-11-23-21(25)17-6-8-18(9-7-17)24-13-12-22-15-24/h5-10,12-15H,3-4,11H2,1-2H3,(H,23,25). The number of hydrogen-bond acceptors (Lipinski definition) is 4. The fourth-order valence-electron chi connectivity index (χ4n) is 2.83. The Balaban J connectivity index is 1.48. The van der Waals surface area contributed by atoms with E-state index in [-0.39, 0.29) is 5.91 Å². The first-order chi connectivity index (χ1) is 13.2. The van der Waals surface area contributed by atoms with E-state index < -0.39 is 0 Å². The lowest BCUT2D eigenvalue weighted by molar-refractivity contribution is 0.0953. The fourth-order valence-corrected chi connectivity index (χ4v) is 2.83. The summed E-state index contributed by atoms with van der Waals surface area (Å²) in [5.74, 6) is 1.37. The van der Waals surface area contributed by atoms with Gasteiger partial charge in [-0.3, -0.25) is 4.79 Å². The minimum atomic E-state index is -0.0699. The van der Waals surface area contributed by atoms with Crippen molar-refractivity contribution in [3.63, 3.8) is 0 Å². The molecule has 0 fully saturated rings. The van der Waals surface area contributed by atoms with Crippen LogP contribution >= 0.6 is 0 Å². The van der Waals surface area contributed by atoms with Gasteiger partial charge in [0.15, 0.2) is 11.5 Å². The van der Waals surface area contributed by atoms with Gasteiger partial charge in [-0.05, 0) is 54.8 Å². The number of carbonyl (C=O) groups excluding carboxylic acids is 1. The predicted octanol–water partition coefficient (Wildman–Crippen LogP) is 3.25. The number of hydrogen-bond donors (Lipinski definition) is 1. The van der Waals surface area contributed by atoms with Gasteiger partial charge in [0.1, 0.15) is 0 Å². The van der Waals surface area contributed by atoms with Gasteiger partial charge in [0, 0.05) is 30.2 Å². The molecule has 1 N–H and O–H groups in total. The monoisotopic (exact) mass is 365 g/mol. The highest BCUT2D eigenvalue weighted by Crippen LogP contribution is 2.27.